The lowest BCUT2D eigenvalue weighted by Crippen LogP contribution is -2.64. The molecule has 0 aromatic rings. The summed E-state index contributed by atoms with van der Waals surface area (Å²) < 4.78 is 30.1. The number of aliphatic hydroxyl groups is 2. The van der Waals surface area contributed by atoms with Crippen molar-refractivity contribution in [1.29, 1.82) is 0 Å². The molecule has 3 heterocycles. The summed E-state index contributed by atoms with van der Waals surface area (Å²) in [6, 6.07) is -1.10. The molecule has 3 fully saturated rings. The summed E-state index contributed by atoms with van der Waals surface area (Å²) in [5.74, 6) is -6.68. The summed E-state index contributed by atoms with van der Waals surface area (Å²) in [4.78, 5) is 57.8. The SMILES string of the molecule is CC[C@@H]1/C=C(\C)C[C@H](C)C[C@H](OC)[C@H]2O[C@@](O)(C(=O)C(=O)N3CCCC[C@H]3C(=O)O[C@H](/C(C)=C/[C@@H]3CC[C@H](C)[C@H](OC)C3)[C@H](C)[C@@H](O)CC1=O)[C@H](C)C[C@@H]2OC. The first-order chi connectivity index (χ1) is 26.5. The topological polar surface area (TPSA) is 158 Å². The van der Waals surface area contributed by atoms with Crippen molar-refractivity contribution in [1.82, 2.24) is 4.90 Å². The van der Waals surface area contributed by atoms with Crippen LogP contribution in [0.15, 0.2) is 23.3 Å². The van der Waals surface area contributed by atoms with Gasteiger partial charge in [0.2, 0.25) is 5.79 Å². The van der Waals surface area contributed by atoms with Crippen molar-refractivity contribution in [3.05, 3.63) is 23.3 Å². The summed E-state index contributed by atoms with van der Waals surface area (Å²) in [6.07, 6.45) is 6.13. The van der Waals surface area contributed by atoms with Crippen molar-refractivity contribution in [3.8, 4) is 0 Å². The molecule has 4 rings (SSSR count). The van der Waals surface area contributed by atoms with E-state index in [-0.39, 0.29) is 49.5 Å². The number of piperidine rings is 1. The zero-order valence-corrected chi connectivity index (χ0v) is 35.7. The third-order valence-electron chi connectivity index (χ3n) is 13.3. The van der Waals surface area contributed by atoms with Gasteiger partial charge in [0.25, 0.3) is 11.7 Å². The Kier molecular flexibility index (Phi) is 16.9. The number of methoxy groups -OCH3 is 3. The van der Waals surface area contributed by atoms with Crippen LogP contribution in [0.4, 0.5) is 0 Å². The smallest absolute Gasteiger partial charge is 0.329 e. The van der Waals surface area contributed by atoms with E-state index in [2.05, 4.69) is 19.9 Å². The molecular formula is C44H71NO11. The van der Waals surface area contributed by atoms with E-state index >= 15 is 0 Å². The Morgan fingerprint density at radius 1 is 0.929 bits per heavy atom. The standard InChI is InChI=1S/C44H71NO11/c1-11-32-19-25(2)18-26(3)20-37(53-9)40-38(54-10)22-29(6)44(51,56-40)41(48)42(49)45-17-13-12-14-33(45)43(50)55-39(30(7)34(46)24-35(32)47)28(5)21-31-16-15-27(4)36(23-31)52-8/h19,21,26-27,29-34,36-40,46,51H,11-18,20,22-24H2,1-10H3/b25-19+,28-21+/t26-,27-,29+,30+,31-,32+,33-,34-,36+,37-,38-,39+,40+,44+/m0/s1. The number of esters is 1. The predicted octanol–water partition coefficient (Wildman–Crippen LogP) is 5.75. The van der Waals surface area contributed by atoms with Crippen LogP contribution in [0.3, 0.4) is 0 Å². The number of ether oxygens (including phenoxy) is 5. The van der Waals surface area contributed by atoms with E-state index in [1.807, 2.05) is 26.8 Å². The summed E-state index contributed by atoms with van der Waals surface area (Å²) in [5.41, 5.74) is 1.76. The number of carbonyl (C=O) groups excluding carboxylic acids is 4. The highest BCUT2D eigenvalue weighted by Crippen LogP contribution is 2.39. The maximum atomic E-state index is 14.3. The van der Waals surface area contributed by atoms with Gasteiger partial charge in [-0.3, -0.25) is 14.4 Å². The Bertz CT molecular complexity index is 1430. The highest BCUT2D eigenvalue weighted by molar-refractivity contribution is 6.39. The number of hydrogen-bond acceptors (Lipinski definition) is 11. The van der Waals surface area contributed by atoms with E-state index in [4.69, 9.17) is 23.7 Å². The Labute approximate surface area is 335 Å². The van der Waals surface area contributed by atoms with Crippen molar-refractivity contribution in [2.24, 2.45) is 35.5 Å². The molecule has 2 bridgehead atoms. The number of allylic oxidation sites excluding steroid dienone is 3. The highest BCUT2D eigenvalue weighted by Gasteiger charge is 2.56. The van der Waals surface area contributed by atoms with Gasteiger partial charge < -0.3 is 38.8 Å². The number of hydrogen-bond donors (Lipinski definition) is 2. The van der Waals surface area contributed by atoms with E-state index in [0.717, 1.165) is 30.4 Å². The number of cyclic esters (lactones) is 1. The first-order valence-electron chi connectivity index (χ1n) is 21.1. The normalized spacial score (nSPS) is 41.6. The van der Waals surface area contributed by atoms with Crippen LogP contribution in [-0.4, -0.2) is 115 Å². The lowest BCUT2D eigenvalue weighted by Gasteiger charge is -2.47. The summed E-state index contributed by atoms with van der Waals surface area (Å²) in [7, 11) is 4.81. The largest absolute Gasteiger partial charge is 0.456 e. The van der Waals surface area contributed by atoms with Gasteiger partial charge in [-0.1, -0.05) is 52.3 Å². The Balaban J connectivity index is 1.76. The van der Waals surface area contributed by atoms with E-state index in [9.17, 15) is 29.4 Å². The Morgan fingerprint density at radius 3 is 2.23 bits per heavy atom. The summed E-state index contributed by atoms with van der Waals surface area (Å²) in [6.45, 7) is 13.6. The van der Waals surface area contributed by atoms with E-state index in [0.29, 0.717) is 38.0 Å². The van der Waals surface area contributed by atoms with E-state index in [1.54, 1.807) is 35.2 Å². The van der Waals surface area contributed by atoms with Crippen LogP contribution < -0.4 is 0 Å². The lowest BCUT2D eigenvalue weighted by atomic mass is 9.79. The van der Waals surface area contributed by atoms with Gasteiger partial charge in [0.05, 0.1) is 24.4 Å². The monoisotopic (exact) mass is 790 g/mol. The molecule has 12 heteroatoms. The molecule has 4 aliphatic rings. The molecule has 1 saturated carbocycles. The minimum absolute atomic E-state index is 0.0498. The number of nitrogens with zero attached hydrogens (tertiary/aromatic N) is 1. The second kappa shape index (κ2) is 20.5. The van der Waals surface area contributed by atoms with Gasteiger partial charge in [-0.15, -0.1) is 0 Å². The molecule has 1 aliphatic carbocycles. The molecule has 2 N–H and O–H groups in total. The molecule has 0 spiro atoms. The zero-order valence-electron chi connectivity index (χ0n) is 35.7. The van der Waals surface area contributed by atoms with Gasteiger partial charge in [0, 0.05) is 52.0 Å². The van der Waals surface area contributed by atoms with Crippen LogP contribution in [0.25, 0.3) is 0 Å². The van der Waals surface area contributed by atoms with Crippen LogP contribution in [0, 0.1) is 35.5 Å². The van der Waals surface area contributed by atoms with Crippen molar-refractivity contribution in [3.63, 3.8) is 0 Å². The third-order valence-corrected chi connectivity index (χ3v) is 13.3. The second-order valence-electron chi connectivity index (χ2n) is 17.6. The second-order valence-corrected chi connectivity index (χ2v) is 17.6. The number of aliphatic hydroxyl groups excluding tert-OH is 1. The molecule has 0 aromatic carbocycles. The molecular weight excluding hydrogens is 718 g/mol. The quantitative estimate of drug-likeness (QED) is 0.192. The van der Waals surface area contributed by atoms with Crippen LogP contribution in [-0.2, 0) is 42.9 Å². The van der Waals surface area contributed by atoms with Gasteiger partial charge in [-0.05, 0) is 101 Å². The van der Waals surface area contributed by atoms with Crippen LogP contribution >= 0.6 is 0 Å². The zero-order chi connectivity index (χ0) is 41.5. The Morgan fingerprint density at radius 2 is 1.59 bits per heavy atom. The first-order valence-corrected chi connectivity index (χ1v) is 21.1. The maximum Gasteiger partial charge on any atom is 0.329 e. The molecule has 0 aromatic heterocycles. The molecule has 1 amide bonds. The average Bonchev–Trinajstić information content (AvgIpc) is 3.18. The van der Waals surface area contributed by atoms with Crippen molar-refractivity contribution in [2.75, 3.05) is 27.9 Å². The summed E-state index contributed by atoms with van der Waals surface area (Å²) >= 11 is 0. The minimum atomic E-state index is -2.48. The Hall–Kier alpha value is -2.48. The van der Waals surface area contributed by atoms with E-state index in [1.165, 1.54) is 4.90 Å². The van der Waals surface area contributed by atoms with E-state index < -0.39 is 77.8 Å². The summed E-state index contributed by atoms with van der Waals surface area (Å²) in [5, 5.41) is 23.7. The molecule has 0 radical (unpaired) electrons. The number of Topliss-reactive ketones (excluding diaryl/α,β-unsaturated/α-hetero) is 2. The van der Waals surface area contributed by atoms with Gasteiger partial charge >= 0.3 is 5.97 Å². The molecule has 56 heavy (non-hydrogen) atoms. The van der Waals surface area contributed by atoms with Gasteiger partial charge in [0.1, 0.15) is 24.0 Å². The van der Waals surface area contributed by atoms with Crippen LogP contribution in [0.2, 0.25) is 0 Å². The minimum Gasteiger partial charge on any atom is -0.456 e. The van der Waals surface area contributed by atoms with Crippen molar-refractivity contribution < 1.29 is 53.1 Å². The molecule has 318 valence electrons. The number of ketones is 2. The molecule has 14 atom stereocenters. The fourth-order valence-corrected chi connectivity index (χ4v) is 9.63. The molecule has 2 saturated heterocycles. The van der Waals surface area contributed by atoms with Gasteiger partial charge in [0.15, 0.2) is 0 Å². The molecule has 12 nitrogen and oxygen atoms in total. The predicted molar refractivity (Wildman–Crippen MR) is 211 cm³/mol. The number of carbonyl (C=O) groups is 4. The van der Waals surface area contributed by atoms with Gasteiger partial charge in [-0.2, -0.15) is 0 Å². The number of fused-ring (bicyclic) bond motifs is 3. The first kappa shape index (κ1) is 46.2. The van der Waals surface area contributed by atoms with Crippen LogP contribution in [0.5, 0.6) is 0 Å². The molecule has 3 aliphatic heterocycles. The van der Waals surface area contributed by atoms with Gasteiger partial charge in [-0.25, -0.2) is 4.79 Å². The highest BCUT2D eigenvalue weighted by atomic mass is 16.7. The van der Waals surface area contributed by atoms with Crippen LogP contribution in [0.1, 0.15) is 119 Å². The number of rotatable bonds is 6. The fourth-order valence-electron chi connectivity index (χ4n) is 9.63. The average molecular weight is 790 g/mol. The van der Waals surface area contributed by atoms with Crippen molar-refractivity contribution >= 4 is 23.4 Å². The fraction of sp³-hybridized carbons (Fsp3) is 0.818. The van der Waals surface area contributed by atoms with Crippen molar-refractivity contribution in [2.45, 2.75) is 168 Å². The number of amides is 1. The maximum absolute atomic E-state index is 14.3. The molecule has 0 unspecified atom stereocenters. The third kappa shape index (κ3) is 10.8. The lowest BCUT2D eigenvalue weighted by molar-refractivity contribution is -0.302.